The minimum Gasteiger partial charge on any atom is -0.459 e. The molecule has 0 spiro atoms. The highest BCUT2D eigenvalue weighted by Gasteiger charge is 2.78. The van der Waals surface area contributed by atoms with Crippen molar-refractivity contribution in [2.75, 3.05) is 27.1 Å². The molecule has 2 aliphatic heterocycles. The molecule has 9 unspecified atom stereocenters. The Hall–Kier alpha value is -3.80. The second-order valence-electron chi connectivity index (χ2n) is 18.4. The lowest BCUT2D eigenvalue weighted by molar-refractivity contribution is -0.361. The molecule has 0 amide bonds. The van der Waals surface area contributed by atoms with Gasteiger partial charge in [0.05, 0.1) is 30.8 Å². The summed E-state index contributed by atoms with van der Waals surface area (Å²) in [6, 6.07) is 20.4. The zero-order chi connectivity index (χ0) is 45.5. The molecule has 1 N–H and O–H groups in total. The summed E-state index contributed by atoms with van der Waals surface area (Å²) in [7, 11) is -0.988. The predicted octanol–water partition coefficient (Wildman–Crippen LogP) is 6.99. The van der Waals surface area contributed by atoms with Gasteiger partial charge in [-0.15, -0.1) is 0 Å². The van der Waals surface area contributed by atoms with Gasteiger partial charge in [0.2, 0.25) is 12.0 Å². The van der Waals surface area contributed by atoms with Gasteiger partial charge in [0.1, 0.15) is 30.6 Å². The monoisotopic (exact) mass is 891 g/mol. The van der Waals surface area contributed by atoms with Crippen molar-refractivity contribution in [2.45, 2.75) is 147 Å². The summed E-state index contributed by atoms with van der Waals surface area (Å²) in [5.74, 6) is -2.49. The first-order valence-corrected chi connectivity index (χ1v) is 25.0. The number of Topliss-reactive ketones (excluding diaryl/α,β-unsaturated/α-hetero) is 1. The van der Waals surface area contributed by atoms with Crippen LogP contribution in [0.25, 0.3) is 0 Å². The van der Waals surface area contributed by atoms with E-state index in [0.717, 1.165) is 23.7 Å². The maximum atomic E-state index is 16.2. The van der Waals surface area contributed by atoms with Gasteiger partial charge in [0.15, 0.2) is 25.8 Å². The van der Waals surface area contributed by atoms with E-state index >= 15 is 4.79 Å². The maximum absolute atomic E-state index is 16.2. The number of carbonyl (C=O) groups excluding carboxylic acids is 3. The molecule has 11 atom stereocenters. The number of methoxy groups -OCH3 is 1. The largest absolute Gasteiger partial charge is 0.459 e. The molecule has 0 aromatic heterocycles. The van der Waals surface area contributed by atoms with Crippen molar-refractivity contribution in [1.82, 2.24) is 0 Å². The molecule has 2 saturated carbocycles. The maximum Gasteiger partial charge on any atom is 0.350 e. The smallest absolute Gasteiger partial charge is 0.350 e. The fourth-order valence-corrected chi connectivity index (χ4v) is 14.2. The van der Waals surface area contributed by atoms with Gasteiger partial charge in [-0.1, -0.05) is 83.1 Å². The third kappa shape index (κ3) is 7.83. The predicted molar refractivity (Wildman–Crippen MR) is 234 cm³/mol. The number of rotatable bonds is 16. The van der Waals surface area contributed by atoms with Crippen molar-refractivity contribution in [1.29, 1.82) is 0 Å². The van der Waals surface area contributed by atoms with Crippen LogP contribution in [0.5, 0.6) is 0 Å². The van der Waals surface area contributed by atoms with Crippen molar-refractivity contribution in [3.63, 3.8) is 0 Å². The molecule has 1 saturated heterocycles. The van der Waals surface area contributed by atoms with Crippen molar-refractivity contribution < 1.29 is 62.1 Å². The molecule has 3 fully saturated rings. The van der Waals surface area contributed by atoms with Gasteiger partial charge in [0.25, 0.3) is 0 Å². The number of ketones is 1. The van der Waals surface area contributed by atoms with Crippen molar-refractivity contribution in [2.24, 2.45) is 21.7 Å². The van der Waals surface area contributed by atoms with Gasteiger partial charge in [-0.2, -0.15) is 0 Å². The van der Waals surface area contributed by atoms with Gasteiger partial charge in [-0.25, -0.2) is 19.6 Å². The summed E-state index contributed by atoms with van der Waals surface area (Å²) in [6.07, 6.45) is -6.41. The van der Waals surface area contributed by atoms with Crippen LogP contribution >= 0.6 is 0 Å². The molecule has 2 bridgehead atoms. The summed E-state index contributed by atoms with van der Waals surface area (Å²) in [4.78, 5) is 61.0. The Labute approximate surface area is 372 Å². The van der Waals surface area contributed by atoms with Crippen LogP contribution < -0.4 is 0 Å². The van der Waals surface area contributed by atoms with Crippen LogP contribution in [-0.2, 0) is 57.0 Å². The quantitative estimate of drug-likeness (QED) is 0.0458. The van der Waals surface area contributed by atoms with Crippen molar-refractivity contribution in [3.8, 4) is 0 Å². The SMILES string of the molecule is CCOOC1C(=O)[C@]2(C)C(O[Si](CC)(CC)CC)CC3OCC3(OC(C)=O)C2C(OCOC)C2(O)CC(OC(=O)[C@@H]3OC(c4ccccc4)=NC3c3ccccc3)C(C)=C1C2(C)C. The number of benzene rings is 2. The van der Waals surface area contributed by atoms with Gasteiger partial charge in [-0.05, 0) is 67.7 Å². The molecule has 344 valence electrons. The molecule has 2 aromatic rings. The van der Waals surface area contributed by atoms with E-state index < -0.39 is 96.7 Å². The van der Waals surface area contributed by atoms with E-state index in [1.807, 2.05) is 81.4 Å². The van der Waals surface area contributed by atoms with E-state index in [1.54, 1.807) is 13.8 Å². The number of aliphatic hydroxyl groups is 1. The molecule has 2 heterocycles. The Kier molecular flexibility index (Phi) is 13.6. The van der Waals surface area contributed by atoms with Crippen LogP contribution in [0.1, 0.15) is 92.3 Å². The van der Waals surface area contributed by atoms with Crippen LogP contribution in [0.3, 0.4) is 0 Å². The lowest BCUT2D eigenvalue weighted by Crippen LogP contribution is -2.82. The molecule has 14 nitrogen and oxygen atoms in total. The van der Waals surface area contributed by atoms with Crippen LogP contribution in [0.2, 0.25) is 18.1 Å². The van der Waals surface area contributed by atoms with Crippen LogP contribution in [0.15, 0.2) is 76.8 Å². The van der Waals surface area contributed by atoms with Gasteiger partial charge in [-0.3, -0.25) is 9.59 Å². The second-order valence-corrected chi connectivity index (χ2v) is 23.1. The Balaban J connectivity index is 1.40. The highest BCUT2D eigenvalue weighted by Crippen LogP contribution is 2.65. The number of ether oxygens (including phenoxy) is 6. The first kappa shape index (κ1) is 47.2. The van der Waals surface area contributed by atoms with Crippen LogP contribution in [-0.4, -0.2) is 112 Å². The minimum atomic E-state index is -2.46. The standard InChI is InChI=1S/C48H65NO13Si/c1-11-57-61-38-36-29(5)33(58-44(52)39-37(31-21-17-15-18-22-31)49-43(59-39)32-23-19-16-20-24-32)26-48(53,45(36,7)8)42(56-28-54-10)40-46(9,41(38)51)34(62-63(12-2,13-3)14-4)25-35-47(40,27-55-35)60-30(6)50/h15-24,33-35,37-40,42,53H,11-14,25-28H2,1-10H3/t33?,34?,35?,37?,38?,39-,40?,42?,46-,47?,48?/m1/s1. The number of hydrogen-bond donors (Lipinski definition) is 1. The van der Waals surface area contributed by atoms with Crippen LogP contribution in [0, 0.1) is 16.7 Å². The summed E-state index contributed by atoms with van der Waals surface area (Å²) >= 11 is 0. The van der Waals surface area contributed by atoms with Crippen molar-refractivity contribution >= 4 is 31.9 Å². The molecule has 5 aliphatic rings. The number of hydrogen-bond acceptors (Lipinski definition) is 14. The first-order valence-electron chi connectivity index (χ1n) is 22.4. The molecule has 2 aromatic carbocycles. The average Bonchev–Trinajstić information content (AvgIpc) is 3.73. The number of aliphatic imine (C=N–C) groups is 1. The Bertz CT molecular complexity index is 2050. The number of nitrogens with zero attached hydrogens (tertiary/aromatic N) is 1. The van der Waals surface area contributed by atoms with E-state index in [1.165, 1.54) is 14.0 Å². The topological polar surface area (TPSA) is 167 Å². The van der Waals surface area contributed by atoms with E-state index in [9.17, 15) is 14.7 Å². The molecule has 0 radical (unpaired) electrons. The summed E-state index contributed by atoms with van der Waals surface area (Å²) in [5.41, 5.74) is -3.91. The molecule has 63 heavy (non-hydrogen) atoms. The molecule has 15 heteroatoms. The number of carbonyl (C=O) groups is 3. The zero-order valence-electron chi connectivity index (χ0n) is 38.3. The minimum absolute atomic E-state index is 0.0560. The van der Waals surface area contributed by atoms with Crippen molar-refractivity contribution in [3.05, 3.63) is 82.9 Å². The van der Waals surface area contributed by atoms with E-state index in [2.05, 4.69) is 20.8 Å². The summed E-state index contributed by atoms with van der Waals surface area (Å²) in [5, 5.41) is 13.9. The first-order chi connectivity index (χ1) is 30.0. The highest BCUT2D eigenvalue weighted by molar-refractivity contribution is 6.73. The van der Waals surface area contributed by atoms with Gasteiger partial charge >= 0.3 is 11.9 Å². The normalized spacial score (nSPS) is 34.7. The molecular formula is C48H65NO13Si. The zero-order valence-corrected chi connectivity index (χ0v) is 39.3. The summed E-state index contributed by atoms with van der Waals surface area (Å²) < 4.78 is 45.2. The Morgan fingerprint density at radius 1 is 0.968 bits per heavy atom. The molecular weight excluding hydrogens is 827 g/mol. The van der Waals surface area contributed by atoms with E-state index in [4.69, 9.17) is 47.6 Å². The lowest BCUT2D eigenvalue weighted by atomic mass is 9.44. The van der Waals surface area contributed by atoms with Crippen LogP contribution in [0.4, 0.5) is 0 Å². The molecule has 7 rings (SSSR count). The van der Waals surface area contributed by atoms with Gasteiger partial charge < -0.3 is 38.0 Å². The van der Waals surface area contributed by atoms with Gasteiger partial charge in [0, 0.05) is 43.8 Å². The van der Waals surface area contributed by atoms with E-state index in [-0.39, 0.29) is 32.8 Å². The second kappa shape index (κ2) is 18.2. The Morgan fingerprint density at radius 2 is 1.62 bits per heavy atom. The Morgan fingerprint density at radius 3 is 2.19 bits per heavy atom. The average molecular weight is 892 g/mol. The van der Waals surface area contributed by atoms with E-state index in [0.29, 0.717) is 22.6 Å². The fourth-order valence-electron chi connectivity index (χ4n) is 11.3. The number of esters is 2. The highest BCUT2D eigenvalue weighted by atomic mass is 28.4. The number of fused-ring (bicyclic) bond motifs is 5. The fraction of sp³-hybridized carbons (Fsp3) is 0.625. The molecule has 3 aliphatic carbocycles. The lowest BCUT2D eigenvalue weighted by Gasteiger charge is -2.68. The summed E-state index contributed by atoms with van der Waals surface area (Å²) in [6.45, 7) is 16.5. The third-order valence-electron chi connectivity index (χ3n) is 15.0. The third-order valence-corrected chi connectivity index (χ3v) is 19.7.